The van der Waals surface area contributed by atoms with Crippen molar-refractivity contribution in [2.24, 2.45) is 7.05 Å². The average molecular weight is 288 g/mol. The summed E-state index contributed by atoms with van der Waals surface area (Å²) >= 11 is 0. The second-order valence-corrected chi connectivity index (χ2v) is 5.29. The van der Waals surface area contributed by atoms with Crippen molar-refractivity contribution in [2.75, 3.05) is 14.1 Å². The van der Waals surface area contributed by atoms with Crippen LogP contribution in [0.5, 0.6) is 0 Å². The molecular formula is C14H16N4O3. The highest BCUT2D eigenvalue weighted by molar-refractivity contribution is 6.04. The zero-order chi connectivity index (χ0) is 15.3. The third kappa shape index (κ3) is 1.93. The smallest absolute Gasteiger partial charge is 0.291 e. The molecule has 21 heavy (non-hydrogen) atoms. The van der Waals surface area contributed by atoms with E-state index in [-0.39, 0.29) is 18.0 Å². The van der Waals surface area contributed by atoms with Gasteiger partial charge < -0.3 is 13.9 Å². The van der Waals surface area contributed by atoms with Gasteiger partial charge in [0.25, 0.3) is 5.56 Å². The fourth-order valence-corrected chi connectivity index (χ4v) is 2.41. The molecule has 110 valence electrons. The second-order valence-electron chi connectivity index (χ2n) is 5.29. The number of carbonyl (C=O) groups excluding carboxylic acids is 1. The van der Waals surface area contributed by atoms with Crippen molar-refractivity contribution >= 4 is 27.9 Å². The van der Waals surface area contributed by atoms with Crippen molar-refractivity contribution < 1.29 is 9.21 Å². The number of rotatable bonds is 2. The molecule has 3 aromatic rings. The molecule has 0 bridgehead atoms. The van der Waals surface area contributed by atoms with Gasteiger partial charge in [-0.25, -0.2) is 4.68 Å². The number of likely N-dealkylation sites (N-methyl/N-ethyl adjacent to an activating group) is 1. The monoisotopic (exact) mass is 288 g/mol. The molecule has 0 aromatic carbocycles. The van der Waals surface area contributed by atoms with Gasteiger partial charge in [-0.2, -0.15) is 5.10 Å². The zero-order valence-electron chi connectivity index (χ0n) is 12.4. The molecule has 0 radical (unpaired) electrons. The van der Waals surface area contributed by atoms with Gasteiger partial charge in [0.15, 0.2) is 5.58 Å². The number of hydrogen-bond donors (Lipinski definition) is 0. The van der Waals surface area contributed by atoms with Crippen LogP contribution < -0.4 is 5.56 Å². The van der Waals surface area contributed by atoms with Crippen LogP contribution in [0.15, 0.2) is 21.5 Å². The molecule has 7 heteroatoms. The van der Waals surface area contributed by atoms with Crippen LogP contribution in [0.25, 0.3) is 22.0 Å². The Morgan fingerprint density at radius 3 is 2.81 bits per heavy atom. The molecule has 0 aliphatic heterocycles. The van der Waals surface area contributed by atoms with Gasteiger partial charge in [0.2, 0.25) is 5.91 Å². The van der Waals surface area contributed by atoms with Crippen molar-refractivity contribution in [1.82, 2.24) is 19.2 Å². The Labute approximate surface area is 120 Å². The number of furan rings is 1. The van der Waals surface area contributed by atoms with Crippen LogP contribution in [0, 0.1) is 6.92 Å². The third-order valence-electron chi connectivity index (χ3n) is 3.58. The van der Waals surface area contributed by atoms with Crippen molar-refractivity contribution in [3.63, 3.8) is 0 Å². The summed E-state index contributed by atoms with van der Waals surface area (Å²) in [5.74, 6) is 0.599. The van der Waals surface area contributed by atoms with Gasteiger partial charge in [-0.3, -0.25) is 9.59 Å². The SMILES string of the molecule is Cc1cc2c(o1)c1cnn(CC(=O)N(C)C)c(=O)c1n2C. The quantitative estimate of drug-likeness (QED) is 0.701. The summed E-state index contributed by atoms with van der Waals surface area (Å²) in [7, 11) is 5.09. The van der Waals surface area contributed by atoms with Gasteiger partial charge in [-0.15, -0.1) is 0 Å². The molecule has 0 N–H and O–H groups in total. The second kappa shape index (κ2) is 4.47. The van der Waals surface area contributed by atoms with Crippen molar-refractivity contribution in [3.8, 4) is 0 Å². The summed E-state index contributed by atoms with van der Waals surface area (Å²) in [6, 6.07) is 1.88. The fourth-order valence-electron chi connectivity index (χ4n) is 2.41. The van der Waals surface area contributed by atoms with Crippen LogP contribution in [0.1, 0.15) is 5.76 Å². The molecule has 0 aliphatic carbocycles. The highest BCUT2D eigenvalue weighted by atomic mass is 16.3. The number of hydrogen-bond acceptors (Lipinski definition) is 4. The van der Waals surface area contributed by atoms with Crippen LogP contribution in [0.4, 0.5) is 0 Å². The molecule has 7 nitrogen and oxygen atoms in total. The predicted octanol–water partition coefficient (Wildman–Crippen LogP) is 0.878. The van der Waals surface area contributed by atoms with Gasteiger partial charge >= 0.3 is 0 Å². The first-order valence-electron chi connectivity index (χ1n) is 6.55. The highest BCUT2D eigenvalue weighted by Gasteiger charge is 2.18. The molecule has 0 spiro atoms. The van der Waals surface area contributed by atoms with Gasteiger partial charge in [-0.05, 0) is 6.92 Å². The van der Waals surface area contributed by atoms with Crippen molar-refractivity contribution in [3.05, 3.63) is 28.4 Å². The molecule has 1 amide bonds. The number of carbonyl (C=O) groups is 1. The summed E-state index contributed by atoms with van der Waals surface area (Å²) in [6.07, 6.45) is 1.57. The Balaban J connectivity index is 2.24. The van der Waals surface area contributed by atoms with Crippen LogP contribution in [-0.2, 0) is 18.4 Å². The summed E-state index contributed by atoms with van der Waals surface area (Å²) in [6.45, 7) is 1.78. The van der Waals surface area contributed by atoms with E-state index in [9.17, 15) is 9.59 Å². The van der Waals surface area contributed by atoms with E-state index < -0.39 is 0 Å². The average Bonchev–Trinajstić information content (AvgIpc) is 2.91. The predicted molar refractivity (Wildman–Crippen MR) is 78.2 cm³/mol. The molecule has 0 saturated carbocycles. The Bertz CT molecular complexity index is 914. The molecular weight excluding hydrogens is 272 g/mol. The molecule has 0 saturated heterocycles. The Hall–Kier alpha value is -2.57. The molecule has 0 fully saturated rings. The number of nitrogens with zero attached hydrogens (tertiary/aromatic N) is 4. The molecule has 0 unspecified atom stereocenters. The summed E-state index contributed by atoms with van der Waals surface area (Å²) in [5.41, 5.74) is 1.69. The molecule has 0 atom stereocenters. The van der Waals surface area contributed by atoms with E-state index in [0.717, 1.165) is 11.3 Å². The van der Waals surface area contributed by atoms with Gasteiger partial charge in [0.05, 0.1) is 17.1 Å². The normalized spacial score (nSPS) is 11.4. The Morgan fingerprint density at radius 2 is 2.14 bits per heavy atom. The molecule has 0 aliphatic rings. The standard InChI is InChI=1S/C14H16N4O3/c1-8-5-10-13(21-8)9-6-15-18(7-11(19)16(2)3)14(20)12(9)17(10)4/h5-6H,7H2,1-4H3. The maximum Gasteiger partial charge on any atom is 0.291 e. The highest BCUT2D eigenvalue weighted by Crippen LogP contribution is 2.27. The van der Waals surface area contributed by atoms with Crippen LogP contribution in [0.3, 0.4) is 0 Å². The van der Waals surface area contributed by atoms with Crippen molar-refractivity contribution in [1.29, 1.82) is 0 Å². The maximum atomic E-state index is 12.5. The topological polar surface area (TPSA) is 73.3 Å². The van der Waals surface area contributed by atoms with Gasteiger partial charge in [0.1, 0.15) is 17.8 Å². The zero-order valence-corrected chi connectivity index (χ0v) is 12.4. The van der Waals surface area contributed by atoms with E-state index in [2.05, 4.69) is 5.10 Å². The number of fused-ring (bicyclic) bond motifs is 3. The van der Waals surface area contributed by atoms with Crippen LogP contribution >= 0.6 is 0 Å². The number of aryl methyl sites for hydroxylation is 2. The number of aromatic nitrogens is 3. The summed E-state index contributed by atoms with van der Waals surface area (Å²) < 4.78 is 8.59. The lowest BCUT2D eigenvalue weighted by Gasteiger charge is -2.10. The first-order valence-corrected chi connectivity index (χ1v) is 6.55. The molecule has 3 heterocycles. The fraction of sp³-hybridized carbons (Fsp3) is 0.357. The van der Waals surface area contributed by atoms with Crippen molar-refractivity contribution in [2.45, 2.75) is 13.5 Å². The van der Waals surface area contributed by atoms with Gasteiger partial charge in [-0.1, -0.05) is 0 Å². The van der Waals surface area contributed by atoms with Crippen LogP contribution in [-0.4, -0.2) is 39.3 Å². The van der Waals surface area contributed by atoms with E-state index in [0.29, 0.717) is 16.5 Å². The Kier molecular flexibility index (Phi) is 2.86. The van der Waals surface area contributed by atoms with E-state index in [1.165, 1.54) is 9.58 Å². The maximum absolute atomic E-state index is 12.5. The molecule has 3 rings (SSSR count). The number of amides is 1. The van der Waals surface area contributed by atoms with E-state index >= 15 is 0 Å². The van der Waals surface area contributed by atoms with Gasteiger partial charge in [0, 0.05) is 27.2 Å². The van der Waals surface area contributed by atoms with E-state index in [4.69, 9.17) is 4.42 Å². The van der Waals surface area contributed by atoms with E-state index in [1.807, 2.05) is 13.0 Å². The minimum atomic E-state index is -0.297. The lowest BCUT2D eigenvalue weighted by molar-refractivity contribution is -0.129. The molecule has 3 aromatic heterocycles. The van der Waals surface area contributed by atoms with Crippen LogP contribution in [0.2, 0.25) is 0 Å². The minimum absolute atomic E-state index is 0.0760. The minimum Gasteiger partial charge on any atom is -0.459 e. The lowest BCUT2D eigenvalue weighted by atomic mass is 10.3. The first kappa shape index (κ1) is 13.4. The lowest BCUT2D eigenvalue weighted by Crippen LogP contribution is -2.33. The largest absolute Gasteiger partial charge is 0.459 e. The summed E-state index contributed by atoms with van der Waals surface area (Å²) in [4.78, 5) is 25.7. The summed E-state index contributed by atoms with van der Waals surface area (Å²) in [5, 5.41) is 4.75. The first-order chi connectivity index (χ1) is 9.90. The third-order valence-corrected chi connectivity index (χ3v) is 3.58. The van der Waals surface area contributed by atoms with E-state index in [1.54, 1.807) is 31.9 Å². The Morgan fingerprint density at radius 1 is 1.43 bits per heavy atom.